The third-order valence-electron chi connectivity index (χ3n) is 3.46. The van der Waals surface area contributed by atoms with Crippen LogP contribution in [0.15, 0.2) is 47.4 Å². The Bertz CT molecular complexity index is 603. The van der Waals surface area contributed by atoms with Crippen molar-refractivity contribution in [3.05, 3.63) is 64.4 Å². The molecule has 0 saturated heterocycles. The van der Waals surface area contributed by atoms with Crippen LogP contribution in [-0.2, 0) is 0 Å². The molecule has 0 amide bonds. The monoisotopic (exact) mass is 325 g/mol. The average Bonchev–Trinajstić information content (AvgIpc) is 2.50. The number of nitrogens with two attached hydrogens (primary N) is 1. The Morgan fingerprint density at radius 3 is 2.57 bits per heavy atom. The molecule has 3 N–H and O–H groups in total. The molecule has 5 heteroatoms. The van der Waals surface area contributed by atoms with E-state index in [4.69, 9.17) is 17.3 Å². The van der Waals surface area contributed by atoms with Gasteiger partial charge in [0.05, 0.1) is 6.10 Å². The Balaban J connectivity index is 2.46. The molecule has 0 aromatic heterocycles. The molecule has 0 aliphatic heterocycles. The summed E-state index contributed by atoms with van der Waals surface area (Å²) in [6, 6.07) is 12.0. The Labute approximate surface area is 133 Å². The smallest absolute Gasteiger partial charge is 0.128 e. The van der Waals surface area contributed by atoms with Crippen LogP contribution in [0.5, 0.6) is 0 Å². The van der Waals surface area contributed by atoms with E-state index >= 15 is 0 Å². The minimum absolute atomic E-state index is 0.102. The van der Waals surface area contributed by atoms with E-state index in [9.17, 15) is 9.50 Å². The molecule has 0 spiro atoms. The molecule has 0 aliphatic rings. The molecule has 2 unspecified atom stereocenters. The van der Waals surface area contributed by atoms with Gasteiger partial charge in [-0.05, 0) is 30.0 Å². The van der Waals surface area contributed by atoms with Crippen molar-refractivity contribution in [1.82, 2.24) is 0 Å². The summed E-state index contributed by atoms with van der Waals surface area (Å²) in [5.41, 5.74) is 6.78. The van der Waals surface area contributed by atoms with E-state index < -0.39 is 17.8 Å². The highest BCUT2D eigenvalue weighted by atomic mass is 35.5. The molecule has 112 valence electrons. The first-order valence-electron chi connectivity index (χ1n) is 6.55. The van der Waals surface area contributed by atoms with E-state index in [0.717, 1.165) is 10.5 Å². The van der Waals surface area contributed by atoms with Gasteiger partial charge < -0.3 is 10.8 Å². The zero-order chi connectivity index (χ0) is 15.4. The van der Waals surface area contributed by atoms with Crippen molar-refractivity contribution in [3.63, 3.8) is 0 Å². The molecule has 2 atom stereocenters. The van der Waals surface area contributed by atoms with Gasteiger partial charge in [0.15, 0.2) is 0 Å². The summed E-state index contributed by atoms with van der Waals surface area (Å²) in [6.45, 7) is 0.102. The first kappa shape index (κ1) is 16.3. The zero-order valence-corrected chi connectivity index (χ0v) is 13.2. The molecular formula is C16H17ClFNOS. The number of aliphatic hydroxyl groups excluding tert-OH is 1. The van der Waals surface area contributed by atoms with Crippen LogP contribution in [0.2, 0.25) is 5.02 Å². The predicted octanol–water partition coefficient (Wildman–Crippen LogP) is 3.98. The highest BCUT2D eigenvalue weighted by molar-refractivity contribution is 7.98. The topological polar surface area (TPSA) is 46.2 Å². The first-order chi connectivity index (χ1) is 10.1. The van der Waals surface area contributed by atoms with Gasteiger partial charge in [-0.15, -0.1) is 11.8 Å². The minimum atomic E-state index is -0.909. The average molecular weight is 326 g/mol. The van der Waals surface area contributed by atoms with Crippen molar-refractivity contribution >= 4 is 23.4 Å². The van der Waals surface area contributed by atoms with Gasteiger partial charge >= 0.3 is 0 Å². The highest BCUT2D eigenvalue weighted by Gasteiger charge is 2.27. The number of thioether (sulfide) groups is 1. The third-order valence-corrected chi connectivity index (χ3v) is 4.60. The van der Waals surface area contributed by atoms with E-state index in [2.05, 4.69) is 0 Å². The summed E-state index contributed by atoms with van der Waals surface area (Å²) in [6.07, 6.45) is 1.02. The van der Waals surface area contributed by atoms with Crippen molar-refractivity contribution < 1.29 is 9.50 Å². The van der Waals surface area contributed by atoms with Crippen molar-refractivity contribution in [3.8, 4) is 0 Å². The molecule has 2 aromatic rings. The number of hydrogen-bond donors (Lipinski definition) is 2. The van der Waals surface area contributed by atoms with E-state index in [-0.39, 0.29) is 17.1 Å². The van der Waals surface area contributed by atoms with Crippen LogP contribution in [0, 0.1) is 5.82 Å². The second-order valence-electron chi connectivity index (χ2n) is 4.66. The Morgan fingerprint density at radius 2 is 1.95 bits per heavy atom. The van der Waals surface area contributed by atoms with Crippen LogP contribution in [0.25, 0.3) is 0 Å². The number of hydrogen-bond acceptors (Lipinski definition) is 3. The molecule has 0 saturated carbocycles. The summed E-state index contributed by atoms with van der Waals surface area (Å²) in [7, 11) is 0. The van der Waals surface area contributed by atoms with Gasteiger partial charge in [0.1, 0.15) is 5.82 Å². The van der Waals surface area contributed by atoms with Gasteiger partial charge in [-0.25, -0.2) is 4.39 Å². The third kappa shape index (κ3) is 3.40. The van der Waals surface area contributed by atoms with Crippen molar-refractivity contribution in [2.75, 3.05) is 12.8 Å². The molecule has 0 fully saturated rings. The second-order valence-corrected chi connectivity index (χ2v) is 5.92. The number of halogens is 2. The van der Waals surface area contributed by atoms with Crippen LogP contribution in [-0.4, -0.2) is 17.9 Å². The number of rotatable bonds is 5. The second kappa shape index (κ2) is 7.27. The van der Waals surface area contributed by atoms with Crippen LogP contribution in [0.3, 0.4) is 0 Å². The fraction of sp³-hybridized carbons (Fsp3) is 0.250. The van der Waals surface area contributed by atoms with E-state index in [1.54, 1.807) is 6.07 Å². The molecule has 0 aliphatic carbocycles. The SMILES string of the molecule is CSc1ccccc1C(O)C(CN)c1c(F)cccc1Cl. The number of aliphatic hydroxyl groups is 1. The Morgan fingerprint density at radius 1 is 1.24 bits per heavy atom. The largest absolute Gasteiger partial charge is 0.388 e. The van der Waals surface area contributed by atoms with Gasteiger partial charge in [0.2, 0.25) is 0 Å². The lowest BCUT2D eigenvalue weighted by molar-refractivity contribution is 0.143. The Hall–Kier alpha value is -1.07. The molecule has 2 rings (SSSR count). The zero-order valence-electron chi connectivity index (χ0n) is 11.6. The molecule has 0 radical (unpaired) electrons. The summed E-state index contributed by atoms with van der Waals surface area (Å²) in [4.78, 5) is 0.941. The first-order valence-corrected chi connectivity index (χ1v) is 8.15. The van der Waals surface area contributed by atoms with Gasteiger partial charge in [0, 0.05) is 27.9 Å². The van der Waals surface area contributed by atoms with E-state index in [0.29, 0.717) is 0 Å². The molecule has 0 heterocycles. The number of benzene rings is 2. The normalized spacial score (nSPS) is 14.0. The van der Waals surface area contributed by atoms with E-state index in [1.807, 2.05) is 30.5 Å². The molecule has 2 aromatic carbocycles. The summed E-state index contributed by atoms with van der Waals surface area (Å²) in [5, 5.41) is 11.0. The molecule has 21 heavy (non-hydrogen) atoms. The maximum Gasteiger partial charge on any atom is 0.128 e. The van der Waals surface area contributed by atoms with Gasteiger partial charge in [-0.2, -0.15) is 0 Å². The van der Waals surface area contributed by atoms with Crippen molar-refractivity contribution in [2.45, 2.75) is 16.9 Å². The van der Waals surface area contributed by atoms with E-state index in [1.165, 1.54) is 23.9 Å². The summed E-state index contributed by atoms with van der Waals surface area (Å²) < 4.78 is 14.1. The fourth-order valence-electron chi connectivity index (χ4n) is 2.40. The minimum Gasteiger partial charge on any atom is -0.388 e. The van der Waals surface area contributed by atoms with Crippen LogP contribution in [0.4, 0.5) is 4.39 Å². The summed E-state index contributed by atoms with van der Waals surface area (Å²) >= 11 is 7.62. The van der Waals surface area contributed by atoms with Crippen molar-refractivity contribution in [2.24, 2.45) is 5.73 Å². The lowest BCUT2D eigenvalue weighted by atomic mass is 9.88. The fourth-order valence-corrected chi connectivity index (χ4v) is 3.34. The predicted molar refractivity (Wildman–Crippen MR) is 86.4 cm³/mol. The van der Waals surface area contributed by atoms with Gasteiger partial charge in [-0.1, -0.05) is 35.9 Å². The van der Waals surface area contributed by atoms with Crippen LogP contribution >= 0.6 is 23.4 Å². The van der Waals surface area contributed by atoms with Crippen LogP contribution in [0.1, 0.15) is 23.1 Å². The molecule has 2 nitrogen and oxygen atoms in total. The van der Waals surface area contributed by atoms with Gasteiger partial charge in [-0.3, -0.25) is 0 Å². The Kier molecular flexibility index (Phi) is 5.65. The molecular weight excluding hydrogens is 309 g/mol. The maximum absolute atomic E-state index is 14.1. The van der Waals surface area contributed by atoms with Crippen molar-refractivity contribution in [1.29, 1.82) is 0 Å². The lowest BCUT2D eigenvalue weighted by Crippen LogP contribution is -2.22. The molecule has 0 bridgehead atoms. The quantitative estimate of drug-likeness (QED) is 0.817. The lowest BCUT2D eigenvalue weighted by Gasteiger charge is -2.25. The standard InChI is InChI=1S/C16H17ClFNOS/c1-21-14-8-3-2-5-10(14)16(20)11(9-19)15-12(17)6-4-7-13(15)18/h2-8,11,16,20H,9,19H2,1H3. The summed E-state index contributed by atoms with van der Waals surface area (Å²) in [5.74, 6) is -1.04. The maximum atomic E-state index is 14.1. The highest BCUT2D eigenvalue weighted by Crippen LogP contribution is 2.38. The van der Waals surface area contributed by atoms with Gasteiger partial charge in [0.25, 0.3) is 0 Å². The van der Waals surface area contributed by atoms with Crippen LogP contribution < -0.4 is 5.73 Å².